The average Bonchev–Trinajstić information content (AvgIpc) is 3.24. The normalized spacial score (nSPS) is 14.4. The van der Waals surface area contributed by atoms with Crippen molar-refractivity contribution in [3.8, 4) is 5.13 Å². The summed E-state index contributed by atoms with van der Waals surface area (Å²) >= 11 is 1.20. The number of aliphatic hydroxyl groups is 2. The number of hydrogen-bond donors (Lipinski definition) is 3. The second-order valence-corrected chi connectivity index (χ2v) is 7.55. The quantitative estimate of drug-likeness (QED) is 0.431. The molecule has 0 bridgehead atoms. The Morgan fingerprint density at radius 3 is 2.84 bits per heavy atom. The topological polar surface area (TPSA) is 150 Å². The standard InChI is InChI=1S/C18H16FN5O6S/c19-13-3-11-14(27)12(17(28)29)6-24(18-20-1-2-31-18)15(11)21-16(13)23-4-9(5-23)22-30-8-10(26)7-25/h1-3,6,10,25-26H,4-5,7-8H2,(H,28,29). The van der Waals surface area contributed by atoms with Gasteiger partial charge in [0.05, 0.1) is 30.8 Å². The molecular weight excluding hydrogens is 433 g/mol. The molecule has 4 heterocycles. The summed E-state index contributed by atoms with van der Waals surface area (Å²) in [6.07, 6.45) is 1.60. The van der Waals surface area contributed by atoms with Crippen LogP contribution >= 0.6 is 11.3 Å². The minimum atomic E-state index is -1.43. The van der Waals surface area contributed by atoms with E-state index < -0.39 is 35.5 Å². The van der Waals surface area contributed by atoms with E-state index in [1.54, 1.807) is 10.3 Å². The van der Waals surface area contributed by atoms with E-state index in [-0.39, 0.29) is 36.5 Å². The van der Waals surface area contributed by atoms with Crippen molar-refractivity contribution in [2.75, 3.05) is 31.2 Å². The smallest absolute Gasteiger partial charge is 0.341 e. The highest BCUT2D eigenvalue weighted by atomic mass is 32.1. The number of anilines is 1. The highest BCUT2D eigenvalue weighted by Gasteiger charge is 2.28. The predicted molar refractivity (Wildman–Crippen MR) is 109 cm³/mol. The van der Waals surface area contributed by atoms with E-state index in [1.165, 1.54) is 22.1 Å². The Bertz CT molecular complexity index is 1220. The number of oxime groups is 1. The summed E-state index contributed by atoms with van der Waals surface area (Å²) in [5, 5.41) is 33.0. The Morgan fingerprint density at radius 1 is 1.42 bits per heavy atom. The number of aromatic carboxylic acids is 1. The lowest BCUT2D eigenvalue weighted by Crippen LogP contribution is -2.48. The molecule has 1 fully saturated rings. The molecule has 13 heteroatoms. The molecule has 0 aliphatic carbocycles. The fraction of sp³-hybridized carbons (Fsp3) is 0.278. The molecule has 3 N–H and O–H groups in total. The van der Waals surface area contributed by atoms with Crippen molar-refractivity contribution in [2.45, 2.75) is 6.10 Å². The van der Waals surface area contributed by atoms with E-state index in [2.05, 4.69) is 15.1 Å². The lowest BCUT2D eigenvalue weighted by molar-refractivity contribution is 0.00789. The molecule has 0 radical (unpaired) electrons. The molecule has 31 heavy (non-hydrogen) atoms. The van der Waals surface area contributed by atoms with Gasteiger partial charge in [0.1, 0.15) is 18.3 Å². The number of fused-ring (bicyclic) bond motifs is 1. The third-order valence-electron chi connectivity index (χ3n) is 4.49. The fourth-order valence-corrected chi connectivity index (χ4v) is 3.56. The zero-order chi connectivity index (χ0) is 22.1. The highest BCUT2D eigenvalue weighted by Crippen LogP contribution is 2.26. The summed E-state index contributed by atoms with van der Waals surface area (Å²) in [4.78, 5) is 38.9. The van der Waals surface area contributed by atoms with Gasteiger partial charge in [-0.05, 0) is 6.07 Å². The molecule has 1 aliphatic rings. The molecule has 4 rings (SSSR count). The van der Waals surface area contributed by atoms with Crippen molar-refractivity contribution in [3.63, 3.8) is 0 Å². The number of carbonyl (C=O) groups is 1. The van der Waals surface area contributed by atoms with Crippen molar-refractivity contribution in [2.24, 2.45) is 5.16 Å². The van der Waals surface area contributed by atoms with Gasteiger partial charge in [0.15, 0.2) is 22.4 Å². The molecule has 0 spiro atoms. The number of rotatable bonds is 7. The van der Waals surface area contributed by atoms with Crippen molar-refractivity contribution in [1.29, 1.82) is 0 Å². The van der Waals surface area contributed by atoms with Crippen LogP contribution in [0.2, 0.25) is 0 Å². The summed E-state index contributed by atoms with van der Waals surface area (Å²) in [6, 6.07) is 0.972. The molecule has 0 aromatic carbocycles. The number of thiazole rings is 1. The van der Waals surface area contributed by atoms with E-state index in [0.29, 0.717) is 10.8 Å². The number of carboxylic acid groups (broad SMARTS) is 1. The van der Waals surface area contributed by atoms with Gasteiger partial charge in [-0.2, -0.15) is 0 Å². The second kappa shape index (κ2) is 8.37. The first-order valence-corrected chi connectivity index (χ1v) is 9.87. The minimum absolute atomic E-state index is 0.0328. The van der Waals surface area contributed by atoms with Crippen LogP contribution in [-0.2, 0) is 4.84 Å². The van der Waals surface area contributed by atoms with Gasteiger partial charge < -0.3 is 25.1 Å². The Labute approximate surface area is 177 Å². The van der Waals surface area contributed by atoms with Gasteiger partial charge in [0, 0.05) is 17.8 Å². The predicted octanol–water partition coefficient (Wildman–Crippen LogP) is 0.225. The SMILES string of the molecule is O=C(O)c1cn(-c2nccs2)c2nc(N3CC(=NOCC(O)CO)C3)c(F)cc2c1=O. The van der Waals surface area contributed by atoms with Gasteiger partial charge in [-0.1, -0.05) is 5.16 Å². The number of carboxylic acids is 1. The molecule has 11 nitrogen and oxygen atoms in total. The maximum atomic E-state index is 14.8. The molecule has 0 saturated carbocycles. The zero-order valence-corrected chi connectivity index (χ0v) is 16.6. The fourth-order valence-electron chi connectivity index (χ4n) is 2.94. The van der Waals surface area contributed by atoms with E-state index in [0.717, 1.165) is 12.3 Å². The highest BCUT2D eigenvalue weighted by molar-refractivity contribution is 7.12. The number of aliphatic hydroxyl groups excluding tert-OH is 2. The summed E-state index contributed by atoms with van der Waals surface area (Å²) in [7, 11) is 0. The van der Waals surface area contributed by atoms with E-state index in [9.17, 15) is 24.2 Å². The third kappa shape index (κ3) is 3.97. The van der Waals surface area contributed by atoms with Crippen molar-refractivity contribution < 1.29 is 29.3 Å². The third-order valence-corrected chi connectivity index (χ3v) is 5.26. The van der Waals surface area contributed by atoms with Crippen LogP contribution in [-0.4, -0.2) is 73.9 Å². The van der Waals surface area contributed by atoms with Crippen LogP contribution in [0.3, 0.4) is 0 Å². The van der Waals surface area contributed by atoms with E-state index in [1.807, 2.05) is 0 Å². The van der Waals surface area contributed by atoms with E-state index in [4.69, 9.17) is 9.94 Å². The number of hydrogen-bond acceptors (Lipinski definition) is 10. The van der Waals surface area contributed by atoms with Gasteiger partial charge in [-0.25, -0.2) is 19.2 Å². The molecule has 3 aromatic rings. The maximum Gasteiger partial charge on any atom is 0.341 e. The molecule has 1 aliphatic heterocycles. The summed E-state index contributed by atoms with van der Waals surface area (Å²) < 4.78 is 16.1. The van der Waals surface area contributed by atoms with Gasteiger partial charge in [-0.15, -0.1) is 11.3 Å². The van der Waals surface area contributed by atoms with Crippen LogP contribution in [0.25, 0.3) is 16.2 Å². The lowest BCUT2D eigenvalue weighted by atomic mass is 10.1. The van der Waals surface area contributed by atoms with Crippen LogP contribution < -0.4 is 10.3 Å². The minimum Gasteiger partial charge on any atom is -0.477 e. The Kier molecular flexibility index (Phi) is 5.63. The second-order valence-electron chi connectivity index (χ2n) is 6.67. The van der Waals surface area contributed by atoms with Crippen LogP contribution in [0.15, 0.2) is 33.8 Å². The first kappa shape index (κ1) is 20.8. The Morgan fingerprint density at radius 2 is 2.19 bits per heavy atom. The van der Waals surface area contributed by atoms with Crippen LogP contribution in [0.1, 0.15) is 10.4 Å². The van der Waals surface area contributed by atoms with Crippen LogP contribution in [0.5, 0.6) is 0 Å². The summed E-state index contributed by atoms with van der Waals surface area (Å²) in [5.41, 5.74) is -0.703. The van der Waals surface area contributed by atoms with Crippen molar-refractivity contribution in [3.05, 3.63) is 45.4 Å². The Balaban J connectivity index is 1.70. The van der Waals surface area contributed by atoms with Gasteiger partial charge in [0.2, 0.25) is 5.43 Å². The molecule has 3 aromatic heterocycles. The molecule has 1 saturated heterocycles. The average molecular weight is 449 g/mol. The number of pyridine rings is 2. The molecule has 0 amide bonds. The Hall–Kier alpha value is -3.42. The molecule has 1 atom stereocenters. The molecule has 1 unspecified atom stereocenters. The summed E-state index contributed by atoms with van der Waals surface area (Å²) in [6.45, 7) is -0.207. The zero-order valence-electron chi connectivity index (χ0n) is 15.8. The van der Waals surface area contributed by atoms with Crippen LogP contribution in [0.4, 0.5) is 10.2 Å². The lowest BCUT2D eigenvalue weighted by Gasteiger charge is -2.33. The number of halogens is 1. The van der Waals surface area contributed by atoms with Gasteiger partial charge in [-0.3, -0.25) is 9.36 Å². The maximum absolute atomic E-state index is 14.8. The summed E-state index contributed by atoms with van der Waals surface area (Å²) in [5.74, 6) is -2.25. The van der Waals surface area contributed by atoms with Gasteiger partial charge >= 0.3 is 5.97 Å². The van der Waals surface area contributed by atoms with Crippen molar-refractivity contribution >= 4 is 39.9 Å². The first-order valence-electron chi connectivity index (χ1n) is 8.99. The first-order chi connectivity index (χ1) is 14.9. The monoisotopic (exact) mass is 449 g/mol. The number of nitrogens with zero attached hydrogens (tertiary/aromatic N) is 5. The van der Waals surface area contributed by atoms with Crippen LogP contribution in [0, 0.1) is 5.82 Å². The van der Waals surface area contributed by atoms with Gasteiger partial charge in [0.25, 0.3) is 0 Å². The van der Waals surface area contributed by atoms with E-state index >= 15 is 0 Å². The number of aromatic nitrogens is 3. The molecular formula is C18H16FN5O6S. The largest absolute Gasteiger partial charge is 0.477 e. The molecule has 162 valence electrons. The van der Waals surface area contributed by atoms with Crippen molar-refractivity contribution in [1.82, 2.24) is 14.5 Å².